The molecule has 2 aromatic rings. The lowest BCUT2D eigenvalue weighted by atomic mass is 9.69. The summed E-state index contributed by atoms with van der Waals surface area (Å²) in [6.45, 7) is 7.41. The van der Waals surface area contributed by atoms with E-state index in [9.17, 15) is 0 Å². The smallest absolute Gasteiger partial charge is 0.0933 e. The molecule has 0 aliphatic heterocycles. The van der Waals surface area contributed by atoms with Crippen LogP contribution >= 0.6 is 0 Å². The second kappa shape index (κ2) is 4.22. The Morgan fingerprint density at radius 2 is 1.95 bits per heavy atom. The fraction of sp³-hybridized carbons (Fsp3) is 0.526. The van der Waals surface area contributed by atoms with Gasteiger partial charge in [0.2, 0.25) is 0 Å². The van der Waals surface area contributed by atoms with Gasteiger partial charge >= 0.3 is 0 Å². The molecular weight excluding hydrogens is 256 g/mol. The number of hydrogen-bond donors (Lipinski definition) is 1. The van der Waals surface area contributed by atoms with Crippen molar-refractivity contribution in [3.63, 3.8) is 0 Å². The first-order valence-electron chi connectivity index (χ1n) is 8.13. The molecule has 0 saturated heterocycles. The van der Waals surface area contributed by atoms with E-state index in [2.05, 4.69) is 55.3 Å². The highest BCUT2D eigenvalue weighted by atomic mass is 15.0. The van der Waals surface area contributed by atoms with E-state index in [1.54, 1.807) is 0 Å². The lowest BCUT2D eigenvalue weighted by Gasteiger charge is -2.40. The summed E-state index contributed by atoms with van der Waals surface area (Å²) in [5, 5.41) is 5.07. The van der Waals surface area contributed by atoms with Crippen LogP contribution in [0, 0.1) is 16.7 Å². The van der Waals surface area contributed by atoms with Gasteiger partial charge in [0.05, 0.1) is 11.2 Å². The number of hydrogen-bond acceptors (Lipinski definition) is 2. The first-order chi connectivity index (χ1) is 10.0. The zero-order chi connectivity index (χ0) is 14.7. The van der Waals surface area contributed by atoms with E-state index >= 15 is 0 Å². The molecule has 0 amide bonds. The zero-order valence-corrected chi connectivity index (χ0v) is 13.2. The van der Waals surface area contributed by atoms with E-state index in [4.69, 9.17) is 0 Å². The lowest BCUT2D eigenvalue weighted by molar-refractivity contribution is 0.142. The number of para-hydroxylation sites is 1. The predicted octanol–water partition coefficient (Wildman–Crippen LogP) is 4.86. The van der Waals surface area contributed by atoms with Gasteiger partial charge in [-0.1, -0.05) is 39.0 Å². The highest BCUT2D eigenvalue weighted by Gasteiger charge is 2.61. The fourth-order valence-corrected chi connectivity index (χ4v) is 4.83. The third-order valence-corrected chi connectivity index (χ3v) is 6.76. The van der Waals surface area contributed by atoms with E-state index in [1.807, 2.05) is 12.3 Å². The van der Waals surface area contributed by atoms with Crippen molar-refractivity contribution in [2.75, 3.05) is 5.32 Å². The summed E-state index contributed by atoms with van der Waals surface area (Å²) in [4.78, 5) is 4.58. The van der Waals surface area contributed by atoms with E-state index in [0.29, 0.717) is 16.9 Å². The molecule has 21 heavy (non-hydrogen) atoms. The van der Waals surface area contributed by atoms with Crippen molar-refractivity contribution in [3.05, 3.63) is 36.5 Å². The topological polar surface area (TPSA) is 24.9 Å². The number of benzene rings is 1. The van der Waals surface area contributed by atoms with Crippen LogP contribution in [0.5, 0.6) is 0 Å². The minimum absolute atomic E-state index is 0.397. The average molecular weight is 280 g/mol. The molecule has 2 nitrogen and oxygen atoms in total. The molecule has 2 saturated carbocycles. The van der Waals surface area contributed by atoms with Crippen molar-refractivity contribution >= 4 is 16.6 Å². The van der Waals surface area contributed by atoms with Crippen LogP contribution in [-0.4, -0.2) is 11.0 Å². The Balaban J connectivity index is 1.71. The monoisotopic (exact) mass is 280 g/mol. The summed E-state index contributed by atoms with van der Waals surface area (Å²) in [6, 6.07) is 11.2. The quantitative estimate of drug-likeness (QED) is 0.849. The second-order valence-corrected chi connectivity index (χ2v) is 7.69. The molecule has 0 radical (unpaired) electrons. The molecule has 1 heterocycles. The summed E-state index contributed by atoms with van der Waals surface area (Å²) >= 11 is 0. The van der Waals surface area contributed by atoms with Crippen LogP contribution in [0.3, 0.4) is 0 Å². The number of fused-ring (bicyclic) bond motifs is 3. The van der Waals surface area contributed by atoms with Crippen LogP contribution < -0.4 is 5.32 Å². The number of aromatic nitrogens is 1. The van der Waals surface area contributed by atoms with Crippen molar-refractivity contribution in [2.45, 2.75) is 46.1 Å². The van der Waals surface area contributed by atoms with Gasteiger partial charge in [0.15, 0.2) is 0 Å². The van der Waals surface area contributed by atoms with Crippen LogP contribution in [0.2, 0.25) is 0 Å². The van der Waals surface area contributed by atoms with Crippen LogP contribution in [-0.2, 0) is 0 Å². The average Bonchev–Trinajstić information content (AvgIpc) is 2.81. The summed E-state index contributed by atoms with van der Waals surface area (Å²) in [7, 11) is 0. The van der Waals surface area contributed by atoms with Gasteiger partial charge in [-0.2, -0.15) is 0 Å². The second-order valence-electron chi connectivity index (χ2n) is 7.69. The Kier molecular flexibility index (Phi) is 2.64. The highest BCUT2D eigenvalue weighted by Crippen LogP contribution is 2.65. The maximum absolute atomic E-state index is 4.58. The van der Waals surface area contributed by atoms with Crippen LogP contribution in [0.4, 0.5) is 5.69 Å². The minimum atomic E-state index is 0.397. The molecule has 2 bridgehead atoms. The Morgan fingerprint density at radius 3 is 2.67 bits per heavy atom. The summed E-state index contributed by atoms with van der Waals surface area (Å²) < 4.78 is 0. The van der Waals surface area contributed by atoms with Crippen LogP contribution in [0.25, 0.3) is 10.9 Å². The SMILES string of the molecule is CC1(C)C2CCC1(C)C(Nc1cccc3cccnc13)C2. The van der Waals surface area contributed by atoms with Gasteiger partial charge in [-0.25, -0.2) is 0 Å². The standard InChI is InChI=1S/C19H24N2/c1-18(2)14-9-10-19(18,3)16(12-14)21-15-8-4-6-13-7-5-11-20-17(13)15/h4-8,11,14,16,21H,9-10,12H2,1-3H3. The van der Waals surface area contributed by atoms with Gasteiger partial charge in [-0.3, -0.25) is 4.98 Å². The van der Waals surface area contributed by atoms with Gasteiger partial charge in [0, 0.05) is 17.6 Å². The van der Waals surface area contributed by atoms with Gasteiger partial charge in [0.1, 0.15) is 0 Å². The number of nitrogens with zero attached hydrogens (tertiary/aromatic N) is 1. The molecule has 4 rings (SSSR count). The van der Waals surface area contributed by atoms with Crippen molar-refractivity contribution in [3.8, 4) is 0 Å². The van der Waals surface area contributed by atoms with E-state index in [1.165, 1.54) is 30.3 Å². The molecule has 3 atom stereocenters. The third kappa shape index (κ3) is 1.68. The Morgan fingerprint density at radius 1 is 1.14 bits per heavy atom. The van der Waals surface area contributed by atoms with E-state index < -0.39 is 0 Å². The molecule has 2 heteroatoms. The van der Waals surface area contributed by atoms with Crippen LogP contribution in [0.1, 0.15) is 40.0 Å². The molecule has 0 spiro atoms. The van der Waals surface area contributed by atoms with Gasteiger partial charge < -0.3 is 5.32 Å². The molecule has 110 valence electrons. The van der Waals surface area contributed by atoms with Gasteiger partial charge in [-0.05, 0) is 48.1 Å². The molecule has 1 N–H and O–H groups in total. The van der Waals surface area contributed by atoms with Crippen LogP contribution in [0.15, 0.2) is 36.5 Å². The third-order valence-electron chi connectivity index (χ3n) is 6.76. The maximum atomic E-state index is 4.58. The van der Waals surface area contributed by atoms with Crippen molar-refractivity contribution in [2.24, 2.45) is 16.7 Å². The molecule has 2 aliphatic rings. The Labute approximate surface area is 127 Å². The summed E-state index contributed by atoms with van der Waals surface area (Å²) in [6.07, 6.45) is 5.93. The zero-order valence-electron chi connectivity index (χ0n) is 13.2. The first-order valence-corrected chi connectivity index (χ1v) is 8.13. The highest BCUT2D eigenvalue weighted by molar-refractivity contribution is 5.90. The van der Waals surface area contributed by atoms with Crippen molar-refractivity contribution < 1.29 is 0 Å². The molecule has 2 aliphatic carbocycles. The maximum Gasteiger partial charge on any atom is 0.0933 e. The first kappa shape index (κ1) is 13.1. The number of anilines is 1. The summed E-state index contributed by atoms with van der Waals surface area (Å²) in [5.74, 6) is 0.864. The molecule has 1 aromatic carbocycles. The normalized spacial score (nSPS) is 33.5. The largest absolute Gasteiger partial charge is 0.380 e. The number of nitrogens with one attached hydrogen (secondary N) is 1. The van der Waals surface area contributed by atoms with E-state index in [0.717, 1.165) is 11.4 Å². The predicted molar refractivity (Wildman–Crippen MR) is 88.4 cm³/mol. The lowest BCUT2D eigenvalue weighted by Crippen LogP contribution is -2.40. The van der Waals surface area contributed by atoms with Gasteiger partial charge in [-0.15, -0.1) is 0 Å². The molecule has 2 fully saturated rings. The Bertz CT molecular complexity index is 686. The minimum Gasteiger partial charge on any atom is -0.380 e. The molecular formula is C19H24N2. The molecule has 3 unspecified atom stereocenters. The van der Waals surface area contributed by atoms with Crippen molar-refractivity contribution in [1.29, 1.82) is 0 Å². The Hall–Kier alpha value is -1.57. The number of rotatable bonds is 2. The fourth-order valence-electron chi connectivity index (χ4n) is 4.83. The van der Waals surface area contributed by atoms with E-state index in [-0.39, 0.29) is 0 Å². The molecule has 1 aromatic heterocycles. The number of pyridine rings is 1. The summed E-state index contributed by atoms with van der Waals surface area (Å²) in [5.41, 5.74) is 3.14. The van der Waals surface area contributed by atoms with Crippen molar-refractivity contribution in [1.82, 2.24) is 4.98 Å². The van der Waals surface area contributed by atoms with Gasteiger partial charge in [0.25, 0.3) is 0 Å².